The first-order chi connectivity index (χ1) is 53.9. The van der Waals surface area contributed by atoms with E-state index in [0.717, 1.165) is 102 Å². The lowest BCUT2D eigenvalue weighted by Gasteiger charge is -2.21. The van der Waals surface area contributed by atoms with Crippen LogP contribution in [0.5, 0.6) is 0 Å². The Bertz CT molecular complexity index is 2120. The van der Waals surface area contributed by atoms with Crippen LogP contribution >= 0.6 is 15.6 Å². The van der Waals surface area contributed by atoms with E-state index in [1.807, 2.05) is 0 Å². The summed E-state index contributed by atoms with van der Waals surface area (Å²) in [7, 11) is -9.93. The summed E-state index contributed by atoms with van der Waals surface area (Å²) in [5.74, 6) is -0.455. The van der Waals surface area contributed by atoms with Gasteiger partial charge in [0.15, 0.2) is 12.2 Å². The molecule has 0 aliphatic carbocycles. The van der Waals surface area contributed by atoms with Crippen molar-refractivity contribution >= 4 is 39.5 Å². The maximum Gasteiger partial charge on any atom is 0.472 e. The van der Waals surface area contributed by atoms with Gasteiger partial charge in [0.1, 0.15) is 19.3 Å². The van der Waals surface area contributed by atoms with Crippen LogP contribution in [0, 0.1) is 11.8 Å². The van der Waals surface area contributed by atoms with E-state index in [-0.39, 0.29) is 25.7 Å². The molecule has 3 N–H and O–H groups in total. The first-order valence-electron chi connectivity index (χ1n) is 47.5. The summed E-state index contributed by atoms with van der Waals surface area (Å²) < 4.78 is 69.0. The highest BCUT2D eigenvalue weighted by Crippen LogP contribution is 2.45. The Morgan fingerprint density at radius 1 is 0.243 bits per heavy atom. The summed E-state index contributed by atoms with van der Waals surface area (Å²) in [6.45, 7) is 9.75. The zero-order valence-corrected chi connectivity index (χ0v) is 75.1. The molecule has 0 rings (SSSR count). The average molecular weight is 1620 g/mol. The van der Waals surface area contributed by atoms with Crippen LogP contribution in [0.25, 0.3) is 0 Å². The van der Waals surface area contributed by atoms with Crippen LogP contribution in [0.15, 0.2) is 0 Å². The zero-order chi connectivity index (χ0) is 81.3. The van der Waals surface area contributed by atoms with Crippen molar-refractivity contribution in [1.82, 2.24) is 0 Å². The van der Waals surface area contributed by atoms with E-state index in [1.54, 1.807) is 0 Å². The van der Waals surface area contributed by atoms with Crippen LogP contribution in [-0.2, 0) is 65.4 Å². The molecule has 0 aliphatic rings. The summed E-state index contributed by atoms with van der Waals surface area (Å²) >= 11 is 0. The van der Waals surface area contributed by atoms with E-state index in [9.17, 15) is 43.2 Å². The molecule has 0 spiro atoms. The molecule has 0 amide bonds. The third kappa shape index (κ3) is 85.8. The lowest BCUT2D eigenvalue weighted by molar-refractivity contribution is -0.161. The van der Waals surface area contributed by atoms with E-state index in [2.05, 4.69) is 41.5 Å². The van der Waals surface area contributed by atoms with E-state index < -0.39 is 97.5 Å². The molecule has 0 bridgehead atoms. The van der Waals surface area contributed by atoms with Crippen LogP contribution in [0.2, 0.25) is 0 Å². The average Bonchev–Trinajstić information content (AvgIpc) is 0.888. The second-order valence-corrected chi connectivity index (χ2v) is 36.9. The smallest absolute Gasteiger partial charge is 0.462 e. The van der Waals surface area contributed by atoms with Gasteiger partial charge in [0.05, 0.1) is 26.4 Å². The molecule has 17 nitrogen and oxygen atoms in total. The first-order valence-corrected chi connectivity index (χ1v) is 50.5. The minimum absolute atomic E-state index is 0.109. The SMILES string of the molecule is CCCCCCCCCCCCCCCCCCCCCCCC(=O)O[C@H](COC(=O)CCCCCCCCCC)COP(=O)(O)OC[C@H](O)COP(=O)(O)OC[C@@H](COC(=O)CCCCCCCCCCCCCCCCCCCCC(C)C)OC(=O)CCCCCCCCCCCCCCCCCCCCC(C)C. The molecule has 0 saturated carbocycles. The number of phosphoric acid groups is 2. The second-order valence-electron chi connectivity index (χ2n) is 34.0. The topological polar surface area (TPSA) is 237 Å². The number of esters is 4. The predicted octanol–water partition coefficient (Wildman–Crippen LogP) is 28.6. The minimum atomic E-state index is -4.97. The molecule has 0 heterocycles. The molecule has 111 heavy (non-hydrogen) atoms. The van der Waals surface area contributed by atoms with Crippen molar-refractivity contribution in [2.45, 2.75) is 516 Å². The quantitative estimate of drug-likeness (QED) is 0.0222. The number of unbranched alkanes of at least 4 members (excludes halogenated alkanes) is 61. The number of rotatable bonds is 91. The van der Waals surface area contributed by atoms with Crippen LogP contribution in [0.1, 0.15) is 497 Å². The fraction of sp³-hybridized carbons (Fsp3) is 0.957. The Morgan fingerprint density at radius 2 is 0.414 bits per heavy atom. The van der Waals surface area contributed by atoms with Crippen molar-refractivity contribution in [2.75, 3.05) is 39.6 Å². The summed E-state index contributed by atoms with van der Waals surface area (Å²) in [4.78, 5) is 73.3. The van der Waals surface area contributed by atoms with Crippen LogP contribution < -0.4 is 0 Å². The van der Waals surface area contributed by atoms with E-state index >= 15 is 0 Å². The Labute approximate surface area is 683 Å². The molecule has 660 valence electrons. The van der Waals surface area contributed by atoms with Gasteiger partial charge in [-0.3, -0.25) is 37.3 Å². The normalized spacial score (nSPS) is 13.7. The predicted molar refractivity (Wildman–Crippen MR) is 460 cm³/mol. The molecule has 0 aliphatic heterocycles. The van der Waals surface area contributed by atoms with Gasteiger partial charge in [-0.1, -0.05) is 446 Å². The van der Waals surface area contributed by atoms with Crippen LogP contribution in [0.3, 0.4) is 0 Å². The number of hydrogen-bond acceptors (Lipinski definition) is 15. The number of ether oxygens (including phenoxy) is 4. The number of phosphoric ester groups is 2. The minimum Gasteiger partial charge on any atom is -0.462 e. The van der Waals surface area contributed by atoms with Gasteiger partial charge < -0.3 is 33.8 Å². The standard InChI is InChI=1S/C92H180O17P2/c1-7-9-11-13-15-17-18-19-20-21-22-23-24-32-37-42-47-52-58-64-70-76-91(96)108-87(80-102-89(94)74-68-62-56-16-14-12-10-8-2)82-106-110(98,99)104-78-86(93)79-105-111(100,101)107-83-88(109-92(97)77-71-65-59-53-48-43-38-33-28-26-30-35-40-45-50-55-61-67-73-85(5)6)81-103-90(95)75-69-63-57-51-46-41-36-31-27-25-29-34-39-44-49-54-60-66-72-84(3)4/h84-88,93H,7-83H2,1-6H3,(H,98,99)(H,100,101)/t86-,87+,88+/m0/s1. The molecule has 0 aromatic rings. The van der Waals surface area contributed by atoms with Gasteiger partial charge in [0.25, 0.3) is 0 Å². The van der Waals surface area contributed by atoms with Gasteiger partial charge in [0.2, 0.25) is 0 Å². The molecule has 0 aromatic heterocycles. The Hall–Kier alpha value is -1.94. The van der Waals surface area contributed by atoms with Gasteiger partial charge in [-0.25, -0.2) is 9.13 Å². The summed E-state index contributed by atoms with van der Waals surface area (Å²) in [5.41, 5.74) is 0. The van der Waals surface area contributed by atoms with Gasteiger partial charge in [-0.05, 0) is 37.5 Å². The summed E-state index contributed by atoms with van der Waals surface area (Å²) in [6, 6.07) is 0. The lowest BCUT2D eigenvalue weighted by atomic mass is 10.0. The van der Waals surface area contributed by atoms with Gasteiger partial charge in [-0.2, -0.15) is 0 Å². The Morgan fingerprint density at radius 3 is 0.613 bits per heavy atom. The molecule has 5 atom stereocenters. The van der Waals surface area contributed by atoms with Gasteiger partial charge in [-0.15, -0.1) is 0 Å². The van der Waals surface area contributed by atoms with Gasteiger partial charge >= 0.3 is 39.5 Å². The molecule has 19 heteroatoms. The maximum absolute atomic E-state index is 13.2. The summed E-state index contributed by atoms with van der Waals surface area (Å²) in [6.07, 6.45) is 78.1. The molecule has 0 saturated heterocycles. The van der Waals surface area contributed by atoms with Gasteiger partial charge in [0, 0.05) is 25.7 Å². The van der Waals surface area contributed by atoms with Crippen molar-refractivity contribution < 1.29 is 80.2 Å². The van der Waals surface area contributed by atoms with Crippen LogP contribution in [0.4, 0.5) is 0 Å². The van der Waals surface area contributed by atoms with Crippen molar-refractivity contribution in [2.24, 2.45) is 11.8 Å². The molecule has 0 radical (unpaired) electrons. The highest BCUT2D eigenvalue weighted by atomic mass is 31.2. The number of carbonyl (C=O) groups is 4. The third-order valence-electron chi connectivity index (χ3n) is 21.7. The zero-order valence-electron chi connectivity index (χ0n) is 73.3. The van der Waals surface area contributed by atoms with E-state index in [4.69, 9.17) is 37.0 Å². The monoisotopic (exact) mass is 1620 g/mol. The summed E-state index contributed by atoms with van der Waals surface area (Å²) in [5, 5.41) is 10.7. The highest BCUT2D eigenvalue weighted by Gasteiger charge is 2.31. The molecule has 0 fully saturated rings. The number of aliphatic hydroxyl groups excluding tert-OH is 1. The highest BCUT2D eigenvalue weighted by molar-refractivity contribution is 7.47. The second kappa shape index (κ2) is 83.1. The first kappa shape index (κ1) is 109. The van der Waals surface area contributed by atoms with E-state index in [0.29, 0.717) is 25.7 Å². The van der Waals surface area contributed by atoms with E-state index in [1.165, 1.54) is 315 Å². The maximum atomic E-state index is 13.2. The van der Waals surface area contributed by atoms with Crippen molar-refractivity contribution in [3.05, 3.63) is 0 Å². The molecule has 2 unspecified atom stereocenters. The fourth-order valence-corrected chi connectivity index (χ4v) is 16.1. The molecular weight excluding hydrogens is 1440 g/mol. The Balaban J connectivity index is 5.16. The largest absolute Gasteiger partial charge is 0.472 e. The number of aliphatic hydroxyl groups is 1. The number of hydrogen-bond donors (Lipinski definition) is 3. The third-order valence-corrected chi connectivity index (χ3v) is 23.6. The van der Waals surface area contributed by atoms with Crippen molar-refractivity contribution in [3.63, 3.8) is 0 Å². The van der Waals surface area contributed by atoms with Crippen LogP contribution in [-0.4, -0.2) is 96.7 Å². The van der Waals surface area contributed by atoms with Crippen molar-refractivity contribution in [3.8, 4) is 0 Å². The Kier molecular flexibility index (Phi) is 81.7. The fourth-order valence-electron chi connectivity index (χ4n) is 14.5. The number of carbonyl (C=O) groups excluding carboxylic acids is 4. The van der Waals surface area contributed by atoms with Crippen molar-refractivity contribution in [1.29, 1.82) is 0 Å². The lowest BCUT2D eigenvalue weighted by Crippen LogP contribution is -2.30. The molecule has 0 aromatic carbocycles. The molecular formula is C92H180O17P2.